The van der Waals surface area contributed by atoms with Gasteiger partial charge in [-0.05, 0) is 62.8 Å². The van der Waals surface area contributed by atoms with Gasteiger partial charge in [0, 0.05) is 26.2 Å². The van der Waals surface area contributed by atoms with Crippen molar-refractivity contribution in [2.75, 3.05) is 32.7 Å². The van der Waals surface area contributed by atoms with E-state index in [2.05, 4.69) is 5.32 Å². The van der Waals surface area contributed by atoms with Crippen LogP contribution >= 0.6 is 11.6 Å². The molecular weight excluding hydrogens is 458 g/mol. The van der Waals surface area contributed by atoms with Crippen molar-refractivity contribution in [3.63, 3.8) is 0 Å². The minimum absolute atomic E-state index is 0.00429. The Hall–Kier alpha value is -3.00. The molecule has 0 bridgehead atoms. The van der Waals surface area contributed by atoms with E-state index in [9.17, 15) is 14.4 Å². The second-order valence-corrected chi connectivity index (χ2v) is 9.97. The van der Waals surface area contributed by atoms with Gasteiger partial charge < -0.3 is 24.3 Å². The average molecular weight is 488 g/mol. The lowest BCUT2D eigenvalue weighted by Gasteiger charge is -2.39. The van der Waals surface area contributed by atoms with Crippen LogP contribution in [0.15, 0.2) is 47.1 Å². The summed E-state index contributed by atoms with van der Waals surface area (Å²) in [7, 11) is 0. The standard InChI is InChI=1S/C25H30ClN3O5/c1-24(2,34-19-7-4-3-6-18(19)26)23(32)29-14-11-25(17-29)9-12-28(13-10-25)21(30)16-27-22(31)20-8-5-15-33-20/h3-8,15H,9-14,16-17H2,1-2H3,(H,27,31). The third-order valence-electron chi connectivity index (χ3n) is 6.76. The van der Waals surface area contributed by atoms with Gasteiger partial charge in [0.1, 0.15) is 5.75 Å². The number of nitrogens with zero attached hydrogens (tertiary/aromatic N) is 2. The van der Waals surface area contributed by atoms with E-state index in [1.54, 1.807) is 43.0 Å². The average Bonchev–Trinajstić information content (AvgIpc) is 3.50. The molecule has 2 aliphatic rings. The first kappa shape index (κ1) is 24.1. The molecule has 182 valence electrons. The van der Waals surface area contributed by atoms with Crippen LogP contribution in [0, 0.1) is 5.41 Å². The summed E-state index contributed by atoms with van der Waals surface area (Å²) in [6.45, 7) is 6.00. The molecule has 3 heterocycles. The molecule has 1 aromatic heterocycles. The zero-order valence-electron chi connectivity index (χ0n) is 19.5. The van der Waals surface area contributed by atoms with E-state index >= 15 is 0 Å². The molecule has 8 nitrogen and oxygen atoms in total. The van der Waals surface area contributed by atoms with Gasteiger partial charge in [0.05, 0.1) is 17.8 Å². The van der Waals surface area contributed by atoms with E-state index in [1.807, 2.05) is 17.0 Å². The van der Waals surface area contributed by atoms with Crippen molar-refractivity contribution in [2.45, 2.75) is 38.7 Å². The van der Waals surface area contributed by atoms with Gasteiger partial charge in [-0.3, -0.25) is 14.4 Å². The number of hydrogen-bond acceptors (Lipinski definition) is 5. The highest BCUT2D eigenvalue weighted by Gasteiger charge is 2.46. The number of carbonyl (C=O) groups is 3. The Kier molecular flexibility index (Phi) is 6.89. The molecule has 1 aromatic carbocycles. The predicted octanol–water partition coefficient (Wildman–Crippen LogP) is 3.36. The summed E-state index contributed by atoms with van der Waals surface area (Å²) >= 11 is 6.21. The summed E-state index contributed by atoms with van der Waals surface area (Å²) in [5, 5.41) is 3.08. The van der Waals surface area contributed by atoms with Crippen LogP contribution in [0.4, 0.5) is 0 Å². The van der Waals surface area contributed by atoms with Crippen LogP contribution in [0.1, 0.15) is 43.7 Å². The smallest absolute Gasteiger partial charge is 0.287 e. The minimum atomic E-state index is -1.04. The number of carbonyl (C=O) groups excluding carboxylic acids is 3. The van der Waals surface area contributed by atoms with E-state index in [0.29, 0.717) is 37.0 Å². The second-order valence-electron chi connectivity index (χ2n) is 9.56. The summed E-state index contributed by atoms with van der Waals surface area (Å²) < 4.78 is 11.0. The lowest BCUT2D eigenvalue weighted by atomic mass is 9.77. The van der Waals surface area contributed by atoms with Gasteiger partial charge in [-0.15, -0.1) is 0 Å². The molecule has 4 rings (SSSR count). The maximum absolute atomic E-state index is 13.3. The number of halogens is 1. The number of ether oxygens (including phenoxy) is 1. The van der Waals surface area contributed by atoms with Crippen molar-refractivity contribution in [2.24, 2.45) is 5.41 Å². The van der Waals surface area contributed by atoms with E-state index in [4.69, 9.17) is 20.8 Å². The van der Waals surface area contributed by atoms with Crippen LogP contribution in [-0.2, 0) is 9.59 Å². The summed E-state index contributed by atoms with van der Waals surface area (Å²) in [6, 6.07) is 10.3. The molecule has 3 amide bonds. The van der Waals surface area contributed by atoms with Gasteiger partial charge in [0.2, 0.25) is 5.91 Å². The molecule has 1 N–H and O–H groups in total. The molecule has 34 heavy (non-hydrogen) atoms. The zero-order chi connectivity index (χ0) is 24.3. The molecule has 9 heteroatoms. The predicted molar refractivity (Wildman–Crippen MR) is 127 cm³/mol. The van der Waals surface area contributed by atoms with Crippen LogP contribution in [-0.4, -0.2) is 65.8 Å². The Morgan fingerprint density at radius 3 is 2.38 bits per heavy atom. The van der Waals surface area contributed by atoms with Gasteiger partial charge >= 0.3 is 0 Å². The van der Waals surface area contributed by atoms with Crippen LogP contribution < -0.4 is 10.1 Å². The SMILES string of the molecule is CC(C)(Oc1ccccc1Cl)C(=O)N1CCC2(CCN(C(=O)CNC(=O)c3ccco3)CC2)C1. The highest BCUT2D eigenvalue weighted by molar-refractivity contribution is 6.32. The Morgan fingerprint density at radius 1 is 1.06 bits per heavy atom. The van der Waals surface area contributed by atoms with Crippen LogP contribution in [0.5, 0.6) is 5.75 Å². The molecule has 2 fully saturated rings. The summed E-state index contributed by atoms with van der Waals surface area (Å²) in [6.07, 6.45) is 3.96. The Bertz CT molecular complexity index is 1040. The number of hydrogen-bond donors (Lipinski definition) is 1. The fraction of sp³-hybridized carbons (Fsp3) is 0.480. The number of amides is 3. The number of rotatable bonds is 6. The highest BCUT2D eigenvalue weighted by atomic mass is 35.5. The number of benzene rings is 1. The monoisotopic (exact) mass is 487 g/mol. The molecule has 0 atom stereocenters. The molecule has 0 saturated carbocycles. The van der Waals surface area contributed by atoms with Crippen molar-refractivity contribution in [3.05, 3.63) is 53.4 Å². The van der Waals surface area contributed by atoms with Gasteiger partial charge in [0.15, 0.2) is 11.4 Å². The third-order valence-corrected chi connectivity index (χ3v) is 7.08. The molecule has 0 aliphatic carbocycles. The molecule has 0 radical (unpaired) electrons. The van der Waals surface area contributed by atoms with Crippen molar-refractivity contribution in [1.29, 1.82) is 0 Å². The molecule has 2 saturated heterocycles. The van der Waals surface area contributed by atoms with Gasteiger partial charge in [-0.25, -0.2) is 0 Å². The van der Waals surface area contributed by atoms with E-state index in [0.717, 1.165) is 19.3 Å². The van der Waals surface area contributed by atoms with Gasteiger partial charge in [-0.2, -0.15) is 0 Å². The molecule has 2 aromatic rings. The first-order valence-electron chi connectivity index (χ1n) is 11.5. The van der Waals surface area contributed by atoms with E-state index in [1.165, 1.54) is 6.26 Å². The number of para-hydroxylation sites is 1. The number of nitrogens with one attached hydrogen (secondary N) is 1. The second kappa shape index (κ2) is 9.70. The van der Waals surface area contributed by atoms with Gasteiger partial charge in [0.25, 0.3) is 11.8 Å². The largest absolute Gasteiger partial charge is 0.476 e. The van der Waals surface area contributed by atoms with Crippen molar-refractivity contribution < 1.29 is 23.5 Å². The Morgan fingerprint density at radius 2 is 1.74 bits per heavy atom. The Labute approximate surface area is 204 Å². The maximum Gasteiger partial charge on any atom is 0.287 e. The fourth-order valence-electron chi connectivity index (χ4n) is 4.74. The molecule has 0 unspecified atom stereocenters. The zero-order valence-corrected chi connectivity index (χ0v) is 20.3. The first-order chi connectivity index (χ1) is 16.2. The maximum atomic E-state index is 13.3. The fourth-order valence-corrected chi connectivity index (χ4v) is 4.91. The quantitative estimate of drug-likeness (QED) is 0.674. The molecule has 1 spiro atoms. The summed E-state index contributed by atoms with van der Waals surface area (Å²) in [5.41, 5.74) is -1.04. The lowest BCUT2D eigenvalue weighted by Crippen LogP contribution is -2.50. The minimum Gasteiger partial charge on any atom is -0.476 e. The van der Waals surface area contributed by atoms with Gasteiger partial charge in [-0.1, -0.05) is 23.7 Å². The van der Waals surface area contributed by atoms with Crippen LogP contribution in [0.2, 0.25) is 5.02 Å². The number of furan rings is 1. The first-order valence-corrected chi connectivity index (χ1v) is 11.9. The van der Waals surface area contributed by atoms with Crippen LogP contribution in [0.3, 0.4) is 0 Å². The highest BCUT2D eigenvalue weighted by Crippen LogP contribution is 2.41. The van der Waals surface area contributed by atoms with E-state index in [-0.39, 0.29) is 29.5 Å². The number of piperidine rings is 1. The Balaban J connectivity index is 1.27. The van der Waals surface area contributed by atoms with Crippen molar-refractivity contribution >= 4 is 29.3 Å². The molecule has 2 aliphatic heterocycles. The normalized spacial score (nSPS) is 17.6. The van der Waals surface area contributed by atoms with Crippen molar-refractivity contribution in [3.8, 4) is 5.75 Å². The lowest BCUT2D eigenvalue weighted by molar-refractivity contribution is -0.145. The topological polar surface area (TPSA) is 92.1 Å². The summed E-state index contributed by atoms with van der Waals surface area (Å²) in [5.74, 6) is 0.0849. The van der Waals surface area contributed by atoms with Crippen molar-refractivity contribution in [1.82, 2.24) is 15.1 Å². The number of likely N-dealkylation sites (tertiary alicyclic amines) is 2. The van der Waals surface area contributed by atoms with E-state index < -0.39 is 11.5 Å². The third kappa shape index (κ3) is 5.22. The molecular formula is C25H30ClN3O5. The van der Waals surface area contributed by atoms with Crippen LogP contribution in [0.25, 0.3) is 0 Å². The summed E-state index contributed by atoms with van der Waals surface area (Å²) in [4.78, 5) is 41.5.